The fourth-order valence-electron chi connectivity index (χ4n) is 1.60. The van der Waals surface area contributed by atoms with Crippen LogP contribution in [0, 0.1) is 0 Å². The Morgan fingerprint density at radius 2 is 1.92 bits per heavy atom. The molecule has 72 valence electrons. The highest BCUT2D eigenvalue weighted by Gasteiger charge is 2.35. The monoisotopic (exact) mass is 172 g/mol. The predicted molar refractivity (Wildman–Crippen MR) is 50.1 cm³/mol. The van der Waals surface area contributed by atoms with E-state index in [-0.39, 0.29) is 17.7 Å². The maximum absolute atomic E-state index is 5.91. The fourth-order valence-corrected chi connectivity index (χ4v) is 1.60. The minimum absolute atomic E-state index is 0.175. The number of ether oxygens (including phenoxy) is 1. The molecule has 0 aromatic carbocycles. The molecule has 0 amide bonds. The molecule has 0 aliphatic carbocycles. The summed E-state index contributed by atoms with van der Waals surface area (Å²) < 4.78 is 5.28. The summed E-state index contributed by atoms with van der Waals surface area (Å²) in [5, 5.41) is 0. The number of methoxy groups -OCH3 is 1. The zero-order valence-electron chi connectivity index (χ0n) is 8.50. The van der Waals surface area contributed by atoms with E-state index in [9.17, 15) is 0 Å². The molecule has 1 heterocycles. The van der Waals surface area contributed by atoms with Gasteiger partial charge in [0.1, 0.15) is 0 Å². The van der Waals surface area contributed by atoms with Gasteiger partial charge in [0, 0.05) is 31.8 Å². The Bertz CT molecular complexity index is 153. The second-order valence-corrected chi connectivity index (χ2v) is 4.51. The summed E-state index contributed by atoms with van der Waals surface area (Å²) in [5.41, 5.74) is 6.12. The summed E-state index contributed by atoms with van der Waals surface area (Å²) in [7, 11) is 1.73. The first kappa shape index (κ1) is 9.96. The summed E-state index contributed by atoms with van der Waals surface area (Å²) in [5.74, 6) is 0. The molecule has 1 aliphatic heterocycles. The molecule has 3 heteroatoms. The first-order chi connectivity index (χ1) is 5.45. The van der Waals surface area contributed by atoms with Gasteiger partial charge in [0.05, 0.1) is 6.10 Å². The van der Waals surface area contributed by atoms with Gasteiger partial charge in [0.15, 0.2) is 0 Å². The van der Waals surface area contributed by atoms with E-state index in [1.54, 1.807) is 7.11 Å². The predicted octanol–water partition coefficient (Wildman–Crippen LogP) is 0.443. The molecule has 0 aromatic heterocycles. The van der Waals surface area contributed by atoms with E-state index in [4.69, 9.17) is 10.5 Å². The van der Waals surface area contributed by atoms with Crippen LogP contribution in [0.4, 0.5) is 0 Å². The Kier molecular flexibility index (Phi) is 2.76. The van der Waals surface area contributed by atoms with E-state index >= 15 is 0 Å². The average Bonchev–Trinajstić information content (AvgIpc) is 2.29. The molecule has 0 aromatic rings. The van der Waals surface area contributed by atoms with Crippen LogP contribution in [0.5, 0.6) is 0 Å². The van der Waals surface area contributed by atoms with Gasteiger partial charge in [-0.3, -0.25) is 4.90 Å². The molecule has 1 rings (SSSR count). The van der Waals surface area contributed by atoms with Gasteiger partial charge >= 0.3 is 0 Å². The van der Waals surface area contributed by atoms with Crippen molar-refractivity contribution >= 4 is 0 Å². The Morgan fingerprint density at radius 3 is 2.17 bits per heavy atom. The van der Waals surface area contributed by atoms with Crippen LogP contribution >= 0.6 is 0 Å². The Balaban J connectivity index is 2.54. The molecule has 1 aliphatic rings. The number of hydrogen-bond donors (Lipinski definition) is 1. The van der Waals surface area contributed by atoms with E-state index in [0.29, 0.717) is 0 Å². The van der Waals surface area contributed by atoms with Gasteiger partial charge in [-0.1, -0.05) is 0 Å². The smallest absolute Gasteiger partial charge is 0.0861 e. The highest BCUT2D eigenvalue weighted by molar-refractivity contribution is 4.92. The fraction of sp³-hybridized carbons (Fsp3) is 1.00. The number of nitrogens with two attached hydrogens (primary N) is 1. The number of likely N-dealkylation sites (tertiary alicyclic amines) is 1. The molecule has 1 saturated heterocycles. The van der Waals surface area contributed by atoms with Crippen molar-refractivity contribution in [3.63, 3.8) is 0 Å². The number of nitrogens with zero attached hydrogens (tertiary/aromatic N) is 1. The molecule has 2 unspecified atom stereocenters. The number of hydrogen-bond acceptors (Lipinski definition) is 3. The third-order valence-corrected chi connectivity index (χ3v) is 2.56. The highest BCUT2D eigenvalue weighted by atomic mass is 16.5. The molecule has 0 spiro atoms. The lowest BCUT2D eigenvalue weighted by Gasteiger charge is -2.31. The Hall–Kier alpha value is -0.120. The summed E-state index contributed by atoms with van der Waals surface area (Å²) in [6.45, 7) is 8.52. The van der Waals surface area contributed by atoms with Crippen LogP contribution < -0.4 is 5.73 Å². The van der Waals surface area contributed by atoms with Crippen molar-refractivity contribution in [2.75, 3.05) is 20.2 Å². The Labute approximate surface area is 74.9 Å². The van der Waals surface area contributed by atoms with Crippen LogP contribution in [0.15, 0.2) is 0 Å². The van der Waals surface area contributed by atoms with Gasteiger partial charge in [-0.2, -0.15) is 0 Å². The summed E-state index contributed by atoms with van der Waals surface area (Å²) in [6, 6.07) is 0.175. The van der Waals surface area contributed by atoms with Gasteiger partial charge in [0.25, 0.3) is 0 Å². The van der Waals surface area contributed by atoms with Crippen LogP contribution in [0.2, 0.25) is 0 Å². The van der Waals surface area contributed by atoms with Crippen LogP contribution in [0.3, 0.4) is 0 Å². The topological polar surface area (TPSA) is 38.5 Å². The second-order valence-electron chi connectivity index (χ2n) is 4.51. The first-order valence-corrected chi connectivity index (χ1v) is 4.48. The third kappa shape index (κ3) is 1.97. The molecule has 2 N–H and O–H groups in total. The van der Waals surface area contributed by atoms with Gasteiger partial charge in [-0.05, 0) is 20.8 Å². The lowest BCUT2D eigenvalue weighted by Crippen LogP contribution is -2.40. The molecule has 0 bridgehead atoms. The quantitative estimate of drug-likeness (QED) is 0.624. The SMILES string of the molecule is COC1CN(C(C)(C)C)CC1N. The van der Waals surface area contributed by atoms with Crippen molar-refractivity contribution in [3.8, 4) is 0 Å². The number of rotatable bonds is 1. The first-order valence-electron chi connectivity index (χ1n) is 4.48. The summed E-state index contributed by atoms with van der Waals surface area (Å²) in [6.07, 6.45) is 0.212. The van der Waals surface area contributed by atoms with E-state index in [0.717, 1.165) is 13.1 Å². The minimum atomic E-state index is 0.175. The van der Waals surface area contributed by atoms with Crippen LogP contribution in [0.1, 0.15) is 20.8 Å². The lowest BCUT2D eigenvalue weighted by atomic mass is 10.1. The minimum Gasteiger partial charge on any atom is -0.378 e. The van der Waals surface area contributed by atoms with Gasteiger partial charge in [-0.25, -0.2) is 0 Å². The van der Waals surface area contributed by atoms with Gasteiger partial charge in [0.2, 0.25) is 0 Å². The second kappa shape index (κ2) is 3.32. The van der Waals surface area contributed by atoms with Crippen molar-refractivity contribution in [3.05, 3.63) is 0 Å². The summed E-state index contributed by atoms with van der Waals surface area (Å²) in [4.78, 5) is 2.37. The van der Waals surface area contributed by atoms with Crippen molar-refractivity contribution in [2.24, 2.45) is 5.73 Å². The van der Waals surface area contributed by atoms with Crippen LogP contribution in [-0.2, 0) is 4.74 Å². The molecular formula is C9H20N2O. The van der Waals surface area contributed by atoms with Gasteiger partial charge < -0.3 is 10.5 Å². The van der Waals surface area contributed by atoms with Crippen LogP contribution in [-0.4, -0.2) is 42.8 Å². The molecule has 2 atom stereocenters. The molecule has 1 fully saturated rings. The van der Waals surface area contributed by atoms with Crippen molar-refractivity contribution in [1.82, 2.24) is 4.90 Å². The van der Waals surface area contributed by atoms with Crippen molar-refractivity contribution < 1.29 is 4.74 Å². The average molecular weight is 172 g/mol. The third-order valence-electron chi connectivity index (χ3n) is 2.56. The van der Waals surface area contributed by atoms with E-state index < -0.39 is 0 Å². The standard InChI is InChI=1S/C9H20N2O/c1-9(2,3)11-5-7(10)8(6-11)12-4/h7-8H,5-6,10H2,1-4H3. The molecule has 0 saturated carbocycles. The molecule has 0 radical (unpaired) electrons. The summed E-state index contributed by atoms with van der Waals surface area (Å²) >= 11 is 0. The highest BCUT2D eigenvalue weighted by Crippen LogP contribution is 2.20. The zero-order chi connectivity index (χ0) is 9.35. The molecule has 12 heavy (non-hydrogen) atoms. The van der Waals surface area contributed by atoms with Crippen LogP contribution in [0.25, 0.3) is 0 Å². The largest absolute Gasteiger partial charge is 0.378 e. The van der Waals surface area contributed by atoms with Crippen molar-refractivity contribution in [1.29, 1.82) is 0 Å². The van der Waals surface area contributed by atoms with Gasteiger partial charge in [-0.15, -0.1) is 0 Å². The maximum Gasteiger partial charge on any atom is 0.0861 e. The van der Waals surface area contributed by atoms with E-state index in [1.807, 2.05) is 0 Å². The lowest BCUT2D eigenvalue weighted by molar-refractivity contribution is 0.0838. The molecule has 3 nitrogen and oxygen atoms in total. The van der Waals surface area contributed by atoms with Crippen molar-refractivity contribution in [2.45, 2.75) is 38.5 Å². The zero-order valence-corrected chi connectivity index (χ0v) is 8.50. The normalized spacial score (nSPS) is 32.8. The maximum atomic E-state index is 5.91. The Morgan fingerprint density at radius 1 is 1.33 bits per heavy atom. The van der Waals surface area contributed by atoms with E-state index in [1.165, 1.54) is 0 Å². The van der Waals surface area contributed by atoms with E-state index in [2.05, 4.69) is 25.7 Å². The molecular weight excluding hydrogens is 152 g/mol.